The fourth-order valence-electron chi connectivity index (χ4n) is 2.41. The first-order chi connectivity index (χ1) is 9.83. The molecule has 0 unspecified atom stereocenters. The summed E-state index contributed by atoms with van der Waals surface area (Å²) in [6.45, 7) is 4.62. The highest BCUT2D eigenvalue weighted by Crippen LogP contribution is 2.28. The van der Waals surface area contributed by atoms with Crippen LogP contribution in [-0.2, 0) is 10.2 Å². The minimum absolute atomic E-state index is 0.208. The number of carbonyl (C=O) groups is 1. The minimum Gasteiger partial charge on any atom is -0.380 e. The largest absolute Gasteiger partial charge is 0.380 e. The highest BCUT2D eigenvalue weighted by Gasteiger charge is 2.38. The lowest BCUT2D eigenvalue weighted by atomic mass is 9.84. The number of rotatable bonds is 4. The molecule has 0 aromatic heterocycles. The van der Waals surface area contributed by atoms with E-state index in [1.165, 1.54) is 0 Å². The van der Waals surface area contributed by atoms with Crippen molar-refractivity contribution in [1.29, 1.82) is 0 Å². The second-order valence-electron chi connectivity index (χ2n) is 6.22. The molecule has 1 fully saturated rings. The summed E-state index contributed by atoms with van der Waals surface area (Å²) in [5.74, 6) is 1.43. The molecule has 0 aliphatic carbocycles. The molecule has 5 heteroatoms. The van der Waals surface area contributed by atoms with Gasteiger partial charge in [0.25, 0.3) is 5.91 Å². The molecule has 1 aromatic carbocycles. The zero-order valence-corrected chi connectivity index (χ0v) is 14.1. The Morgan fingerprint density at radius 1 is 1.33 bits per heavy atom. The Labute approximate surface area is 135 Å². The van der Waals surface area contributed by atoms with Gasteiger partial charge in [0.05, 0.1) is 0 Å². The number of benzene rings is 1. The van der Waals surface area contributed by atoms with E-state index >= 15 is 0 Å². The zero-order valence-electron chi connectivity index (χ0n) is 12.5. The third-order valence-electron chi connectivity index (χ3n) is 4.06. The fourth-order valence-corrected chi connectivity index (χ4v) is 3.70. The Bertz CT molecular complexity index is 496. The Morgan fingerprint density at radius 2 is 1.90 bits per heavy atom. The third-order valence-corrected chi connectivity index (χ3v) is 5.30. The molecule has 1 heterocycles. The normalized spacial score (nSPS) is 18.3. The average molecular weight is 328 g/mol. The van der Waals surface area contributed by atoms with Crippen molar-refractivity contribution in [2.45, 2.75) is 37.7 Å². The molecular weight excluding hydrogens is 306 g/mol. The molecule has 1 saturated heterocycles. The quantitative estimate of drug-likeness (QED) is 0.893. The van der Waals surface area contributed by atoms with Gasteiger partial charge in [-0.3, -0.25) is 4.79 Å². The Hall–Kier alpha value is -0.710. The SMILES string of the molecule is CC(C)(CNC(=O)C1(O)CCSCC1)c1ccc(Cl)cc1. The third kappa shape index (κ3) is 4.15. The van der Waals surface area contributed by atoms with Crippen LogP contribution in [0.3, 0.4) is 0 Å². The minimum atomic E-state index is -1.19. The van der Waals surface area contributed by atoms with Gasteiger partial charge < -0.3 is 10.4 Å². The second kappa shape index (κ2) is 6.59. The molecule has 21 heavy (non-hydrogen) atoms. The van der Waals surface area contributed by atoms with Crippen molar-refractivity contribution >= 4 is 29.3 Å². The van der Waals surface area contributed by atoms with E-state index in [0.29, 0.717) is 24.4 Å². The average Bonchev–Trinajstić information content (AvgIpc) is 2.46. The highest BCUT2D eigenvalue weighted by molar-refractivity contribution is 7.99. The van der Waals surface area contributed by atoms with Gasteiger partial charge in [-0.15, -0.1) is 0 Å². The summed E-state index contributed by atoms with van der Waals surface area (Å²) in [6, 6.07) is 7.65. The van der Waals surface area contributed by atoms with Crippen LogP contribution in [-0.4, -0.2) is 34.7 Å². The number of carbonyl (C=O) groups excluding carboxylic acids is 1. The van der Waals surface area contributed by atoms with Crippen molar-refractivity contribution in [3.63, 3.8) is 0 Å². The summed E-state index contributed by atoms with van der Waals surface area (Å²) < 4.78 is 0. The molecule has 3 nitrogen and oxygen atoms in total. The first-order valence-electron chi connectivity index (χ1n) is 7.18. The van der Waals surface area contributed by atoms with Crippen LogP contribution in [0.5, 0.6) is 0 Å². The van der Waals surface area contributed by atoms with E-state index in [2.05, 4.69) is 19.2 Å². The van der Waals surface area contributed by atoms with Crippen LogP contribution in [0.2, 0.25) is 5.02 Å². The molecule has 2 rings (SSSR count). The molecular formula is C16H22ClNO2S. The monoisotopic (exact) mass is 327 g/mol. The number of aliphatic hydroxyl groups is 1. The number of nitrogens with one attached hydrogen (secondary N) is 1. The van der Waals surface area contributed by atoms with Crippen molar-refractivity contribution in [1.82, 2.24) is 5.32 Å². The molecule has 0 spiro atoms. The molecule has 1 aliphatic rings. The van der Waals surface area contributed by atoms with E-state index in [4.69, 9.17) is 11.6 Å². The summed E-state index contributed by atoms with van der Waals surface area (Å²) in [5, 5.41) is 14.0. The predicted molar refractivity (Wildman–Crippen MR) is 89.0 cm³/mol. The standard InChI is InChI=1S/C16H22ClNO2S/c1-15(2,12-3-5-13(17)6-4-12)11-18-14(19)16(20)7-9-21-10-8-16/h3-6,20H,7-11H2,1-2H3,(H,18,19). The number of hydrogen-bond donors (Lipinski definition) is 2. The van der Waals surface area contributed by atoms with Gasteiger partial charge in [0.1, 0.15) is 5.60 Å². The van der Waals surface area contributed by atoms with Crippen molar-refractivity contribution in [2.75, 3.05) is 18.1 Å². The summed E-state index contributed by atoms with van der Waals surface area (Å²) in [7, 11) is 0. The van der Waals surface area contributed by atoms with Crippen LogP contribution in [0, 0.1) is 0 Å². The first kappa shape index (κ1) is 16.7. The van der Waals surface area contributed by atoms with Gasteiger partial charge in [0.15, 0.2) is 0 Å². The molecule has 1 aromatic rings. The number of thioether (sulfide) groups is 1. The van der Waals surface area contributed by atoms with Gasteiger partial charge in [0, 0.05) is 17.0 Å². The van der Waals surface area contributed by atoms with Gasteiger partial charge in [-0.2, -0.15) is 11.8 Å². The van der Waals surface area contributed by atoms with E-state index in [-0.39, 0.29) is 11.3 Å². The lowest BCUT2D eigenvalue weighted by Crippen LogP contribution is -2.51. The molecule has 0 bridgehead atoms. The fraction of sp³-hybridized carbons (Fsp3) is 0.562. The van der Waals surface area contributed by atoms with Gasteiger partial charge >= 0.3 is 0 Å². The van der Waals surface area contributed by atoms with Crippen molar-refractivity contribution in [2.24, 2.45) is 0 Å². The van der Waals surface area contributed by atoms with E-state index in [1.807, 2.05) is 24.3 Å². The topological polar surface area (TPSA) is 49.3 Å². The van der Waals surface area contributed by atoms with Crippen molar-refractivity contribution < 1.29 is 9.90 Å². The van der Waals surface area contributed by atoms with Crippen LogP contribution >= 0.6 is 23.4 Å². The van der Waals surface area contributed by atoms with E-state index < -0.39 is 5.60 Å². The highest BCUT2D eigenvalue weighted by atomic mass is 35.5. The molecule has 1 aliphatic heterocycles. The predicted octanol–water partition coefficient (Wildman–Crippen LogP) is 2.99. The van der Waals surface area contributed by atoms with Crippen LogP contribution in [0.4, 0.5) is 0 Å². The molecule has 0 atom stereocenters. The molecule has 0 radical (unpaired) electrons. The van der Waals surface area contributed by atoms with E-state index in [1.54, 1.807) is 11.8 Å². The number of amides is 1. The lowest BCUT2D eigenvalue weighted by molar-refractivity contribution is -0.140. The maximum absolute atomic E-state index is 12.3. The Kier molecular flexibility index (Phi) is 5.23. The van der Waals surface area contributed by atoms with Crippen molar-refractivity contribution in [3.8, 4) is 0 Å². The van der Waals surface area contributed by atoms with Gasteiger partial charge in [-0.05, 0) is 42.0 Å². The lowest BCUT2D eigenvalue weighted by Gasteiger charge is -2.32. The van der Waals surface area contributed by atoms with Crippen molar-refractivity contribution in [3.05, 3.63) is 34.9 Å². The van der Waals surface area contributed by atoms with Gasteiger partial charge in [-0.25, -0.2) is 0 Å². The zero-order chi connectivity index (χ0) is 15.5. The Morgan fingerprint density at radius 3 is 2.48 bits per heavy atom. The van der Waals surface area contributed by atoms with Crippen LogP contribution in [0.15, 0.2) is 24.3 Å². The summed E-state index contributed by atoms with van der Waals surface area (Å²) in [4.78, 5) is 12.3. The summed E-state index contributed by atoms with van der Waals surface area (Å²) in [6.07, 6.45) is 1.07. The van der Waals surface area contributed by atoms with Crippen LogP contribution in [0.1, 0.15) is 32.3 Å². The number of hydrogen-bond acceptors (Lipinski definition) is 3. The van der Waals surface area contributed by atoms with Crippen LogP contribution < -0.4 is 5.32 Å². The number of halogens is 1. The maximum atomic E-state index is 12.3. The van der Waals surface area contributed by atoms with Gasteiger partial charge in [0.2, 0.25) is 0 Å². The smallest absolute Gasteiger partial charge is 0.252 e. The second-order valence-corrected chi connectivity index (χ2v) is 7.88. The molecule has 116 valence electrons. The molecule has 0 saturated carbocycles. The van der Waals surface area contributed by atoms with Gasteiger partial charge in [-0.1, -0.05) is 37.6 Å². The summed E-state index contributed by atoms with van der Waals surface area (Å²) in [5.41, 5.74) is -0.292. The maximum Gasteiger partial charge on any atom is 0.252 e. The molecule has 1 amide bonds. The van der Waals surface area contributed by atoms with Crippen LogP contribution in [0.25, 0.3) is 0 Å². The Balaban J connectivity index is 1.97. The van der Waals surface area contributed by atoms with E-state index in [0.717, 1.165) is 17.1 Å². The first-order valence-corrected chi connectivity index (χ1v) is 8.71. The summed E-state index contributed by atoms with van der Waals surface area (Å²) >= 11 is 7.69. The molecule has 2 N–H and O–H groups in total. The van der Waals surface area contributed by atoms with E-state index in [9.17, 15) is 9.90 Å².